The summed E-state index contributed by atoms with van der Waals surface area (Å²) in [6.07, 6.45) is 3.87. The number of nitrogens with one attached hydrogen (secondary N) is 1. The molecule has 0 unspecified atom stereocenters. The average Bonchev–Trinajstić information content (AvgIpc) is 3.07. The Morgan fingerprint density at radius 3 is 2.83 bits per heavy atom. The standard InChI is InChI=1S/C21H26N4O4/c1-3-4-13-29-17-9-8-16(14-18(17)28-2)15-22-20(26)10-12-25-21(27)24-11-6-5-7-19(24)23-25/h5-9,11,14H,3-4,10,12-13,15H2,1-2H3,(H,22,26). The Hall–Kier alpha value is -3.29. The number of ether oxygens (including phenoxy) is 2. The number of carbonyl (C=O) groups excluding carboxylic acids is 1. The zero-order chi connectivity index (χ0) is 20.6. The van der Waals surface area contributed by atoms with E-state index in [1.54, 1.807) is 25.4 Å². The molecule has 3 rings (SSSR count). The second-order valence-electron chi connectivity index (χ2n) is 6.65. The van der Waals surface area contributed by atoms with Crippen LogP contribution in [0.2, 0.25) is 0 Å². The number of nitrogens with zero attached hydrogens (tertiary/aromatic N) is 3. The summed E-state index contributed by atoms with van der Waals surface area (Å²) in [7, 11) is 1.59. The third-order valence-electron chi connectivity index (χ3n) is 4.51. The molecule has 0 saturated heterocycles. The van der Waals surface area contributed by atoms with Crippen LogP contribution in [0.1, 0.15) is 31.7 Å². The van der Waals surface area contributed by atoms with Crippen molar-refractivity contribution >= 4 is 11.6 Å². The minimum atomic E-state index is -0.253. The molecule has 0 bridgehead atoms. The summed E-state index contributed by atoms with van der Waals surface area (Å²) in [5.41, 5.74) is 1.21. The molecule has 0 fully saturated rings. The summed E-state index contributed by atoms with van der Waals surface area (Å²) in [6.45, 7) is 3.34. The number of hydrogen-bond acceptors (Lipinski definition) is 5. The van der Waals surface area contributed by atoms with Gasteiger partial charge in [-0.15, -0.1) is 5.10 Å². The van der Waals surface area contributed by atoms with Crippen LogP contribution >= 0.6 is 0 Å². The van der Waals surface area contributed by atoms with E-state index >= 15 is 0 Å². The normalized spacial score (nSPS) is 10.8. The van der Waals surface area contributed by atoms with Crippen molar-refractivity contribution in [3.05, 3.63) is 58.6 Å². The Kier molecular flexibility index (Phi) is 6.89. The molecule has 1 N–H and O–H groups in total. The third kappa shape index (κ3) is 5.16. The molecule has 0 spiro atoms. The lowest BCUT2D eigenvalue weighted by Gasteiger charge is -2.12. The molecule has 0 atom stereocenters. The van der Waals surface area contributed by atoms with Crippen LogP contribution < -0.4 is 20.5 Å². The van der Waals surface area contributed by atoms with Gasteiger partial charge in [0.05, 0.1) is 20.3 Å². The average molecular weight is 398 g/mol. The van der Waals surface area contributed by atoms with Crippen LogP contribution in [-0.4, -0.2) is 33.8 Å². The quantitative estimate of drug-likeness (QED) is 0.530. The van der Waals surface area contributed by atoms with Crippen molar-refractivity contribution in [3.63, 3.8) is 0 Å². The first-order chi connectivity index (χ1) is 14.1. The first kappa shape index (κ1) is 20.4. The molecular formula is C21H26N4O4. The van der Waals surface area contributed by atoms with Gasteiger partial charge in [0.15, 0.2) is 17.1 Å². The van der Waals surface area contributed by atoms with Gasteiger partial charge >= 0.3 is 5.69 Å². The lowest BCUT2D eigenvalue weighted by molar-refractivity contribution is -0.121. The third-order valence-corrected chi connectivity index (χ3v) is 4.51. The maximum atomic E-state index is 12.2. The Balaban J connectivity index is 1.53. The minimum Gasteiger partial charge on any atom is -0.493 e. The first-order valence-corrected chi connectivity index (χ1v) is 9.73. The minimum absolute atomic E-state index is 0.156. The zero-order valence-electron chi connectivity index (χ0n) is 16.8. The summed E-state index contributed by atoms with van der Waals surface area (Å²) in [6, 6.07) is 10.9. The molecule has 1 aromatic carbocycles. The highest BCUT2D eigenvalue weighted by molar-refractivity contribution is 5.75. The fraction of sp³-hybridized carbons (Fsp3) is 0.381. The number of hydrogen-bond donors (Lipinski definition) is 1. The summed E-state index contributed by atoms with van der Waals surface area (Å²) in [5, 5.41) is 7.08. The summed E-state index contributed by atoms with van der Waals surface area (Å²) >= 11 is 0. The summed E-state index contributed by atoms with van der Waals surface area (Å²) in [4.78, 5) is 24.4. The molecule has 3 aromatic rings. The van der Waals surface area contributed by atoms with Crippen LogP contribution in [-0.2, 0) is 17.9 Å². The first-order valence-electron chi connectivity index (χ1n) is 9.73. The second kappa shape index (κ2) is 9.77. The van der Waals surface area contributed by atoms with E-state index in [0.717, 1.165) is 18.4 Å². The number of carbonyl (C=O) groups is 1. The Labute approximate surface area is 169 Å². The molecule has 0 aliphatic carbocycles. The van der Waals surface area contributed by atoms with E-state index in [0.29, 0.717) is 30.3 Å². The largest absolute Gasteiger partial charge is 0.493 e. The molecule has 154 valence electrons. The van der Waals surface area contributed by atoms with Gasteiger partial charge in [-0.1, -0.05) is 25.5 Å². The number of fused-ring (bicyclic) bond motifs is 1. The molecule has 29 heavy (non-hydrogen) atoms. The van der Waals surface area contributed by atoms with Gasteiger partial charge in [0.1, 0.15) is 0 Å². The molecule has 2 heterocycles. The second-order valence-corrected chi connectivity index (χ2v) is 6.65. The number of rotatable bonds is 10. The van der Waals surface area contributed by atoms with Gasteiger partial charge in [-0.3, -0.25) is 9.20 Å². The predicted molar refractivity (Wildman–Crippen MR) is 109 cm³/mol. The number of aryl methyl sites for hydroxylation is 1. The van der Waals surface area contributed by atoms with Crippen molar-refractivity contribution < 1.29 is 14.3 Å². The number of pyridine rings is 1. The molecule has 2 aromatic heterocycles. The van der Waals surface area contributed by atoms with Gasteiger partial charge in [-0.2, -0.15) is 0 Å². The van der Waals surface area contributed by atoms with Crippen LogP contribution in [0.3, 0.4) is 0 Å². The monoisotopic (exact) mass is 398 g/mol. The molecule has 8 heteroatoms. The van der Waals surface area contributed by atoms with Gasteiger partial charge in [0, 0.05) is 19.2 Å². The van der Waals surface area contributed by atoms with E-state index in [2.05, 4.69) is 17.3 Å². The van der Waals surface area contributed by atoms with E-state index in [1.807, 2.05) is 24.3 Å². The predicted octanol–water partition coefficient (Wildman–Crippen LogP) is 2.39. The van der Waals surface area contributed by atoms with Crippen molar-refractivity contribution in [2.24, 2.45) is 0 Å². The van der Waals surface area contributed by atoms with Crippen molar-refractivity contribution in [1.29, 1.82) is 0 Å². The zero-order valence-corrected chi connectivity index (χ0v) is 16.8. The number of benzene rings is 1. The highest BCUT2D eigenvalue weighted by atomic mass is 16.5. The number of aromatic nitrogens is 3. The van der Waals surface area contributed by atoms with Crippen LogP contribution in [0.4, 0.5) is 0 Å². The van der Waals surface area contributed by atoms with E-state index in [1.165, 1.54) is 9.08 Å². The summed E-state index contributed by atoms with van der Waals surface area (Å²) in [5.74, 6) is 1.18. The molecule has 1 amide bonds. The smallest absolute Gasteiger partial charge is 0.350 e. The Morgan fingerprint density at radius 2 is 2.07 bits per heavy atom. The molecule has 0 saturated carbocycles. The molecule has 0 aliphatic heterocycles. The maximum Gasteiger partial charge on any atom is 0.350 e. The van der Waals surface area contributed by atoms with E-state index < -0.39 is 0 Å². The topological polar surface area (TPSA) is 86.9 Å². The molecule has 0 radical (unpaired) electrons. The van der Waals surface area contributed by atoms with E-state index in [-0.39, 0.29) is 24.6 Å². The van der Waals surface area contributed by atoms with Crippen LogP contribution in [0.15, 0.2) is 47.4 Å². The number of unbranched alkanes of at least 4 members (excludes halogenated alkanes) is 1. The lowest BCUT2D eigenvalue weighted by atomic mass is 10.2. The Morgan fingerprint density at radius 1 is 1.21 bits per heavy atom. The van der Waals surface area contributed by atoms with Crippen molar-refractivity contribution in [2.75, 3.05) is 13.7 Å². The summed E-state index contributed by atoms with van der Waals surface area (Å²) < 4.78 is 13.9. The molecule has 8 nitrogen and oxygen atoms in total. The van der Waals surface area contributed by atoms with Crippen LogP contribution in [0.25, 0.3) is 5.65 Å². The molecule has 0 aliphatic rings. The van der Waals surface area contributed by atoms with Crippen molar-refractivity contribution in [3.8, 4) is 11.5 Å². The van der Waals surface area contributed by atoms with E-state index in [4.69, 9.17) is 9.47 Å². The highest BCUT2D eigenvalue weighted by Gasteiger charge is 2.10. The van der Waals surface area contributed by atoms with Gasteiger partial charge in [-0.05, 0) is 36.2 Å². The maximum absolute atomic E-state index is 12.2. The van der Waals surface area contributed by atoms with Crippen molar-refractivity contribution in [1.82, 2.24) is 19.5 Å². The highest BCUT2D eigenvalue weighted by Crippen LogP contribution is 2.28. The van der Waals surface area contributed by atoms with Gasteiger partial charge in [-0.25, -0.2) is 9.48 Å². The van der Waals surface area contributed by atoms with Gasteiger partial charge < -0.3 is 14.8 Å². The number of amides is 1. The van der Waals surface area contributed by atoms with Crippen LogP contribution in [0, 0.1) is 0 Å². The van der Waals surface area contributed by atoms with E-state index in [9.17, 15) is 9.59 Å². The van der Waals surface area contributed by atoms with Gasteiger partial charge in [0.25, 0.3) is 0 Å². The van der Waals surface area contributed by atoms with Crippen molar-refractivity contribution in [2.45, 2.75) is 39.3 Å². The SMILES string of the molecule is CCCCOc1ccc(CNC(=O)CCn2nc3ccccn3c2=O)cc1OC. The fourth-order valence-electron chi connectivity index (χ4n) is 2.88. The lowest BCUT2D eigenvalue weighted by Crippen LogP contribution is -2.27. The Bertz CT molecular complexity index is 1020. The van der Waals surface area contributed by atoms with Gasteiger partial charge in [0.2, 0.25) is 5.91 Å². The molecular weight excluding hydrogens is 372 g/mol. The fourth-order valence-corrected chi connectivity index (χ4v) is 2.88. The van der Waals surface area contributed by atoms with Crippen LogP contribution in [0.5, 0.6) is 11.5 Å². The number of methoxy groups -OCH3 is 1.